The summed E-state index contributed by atoms with van der Waals surface area (Å²) in [7, 11) is 1.68. The molecule has 2 rings (SSSR count). The summed E-state index contributed by atoms with van der Waals surface area (Å²) in [6, 6.07) is 14.6. The van der Waals surface area contributed by atoms with E-state index in [-0.39, 0.29) is 11.7 Å². The van der Waals surface area contributed by atoms with Crippen LogP contribution in [0.2, 0.25) is 0 Å². The third-order valence-corrected chi connectivity index (χ3v) is 4.77. The van der Waals surface area contributed by atoms with Crippen LogP contribution in [-0.2, 0) is 11.2 Å². The summed E-state index contributed by atoms with van der Waals surface area (Å²) in [5.41, 5.74) is 2.05. The van der Waals surface area contributed by atoms with Gasteiger partial charge in [-0.25, -0.2) is 4.39 Å². The fourth-order valence-electron chi connectivity index (χ4n) is 3.03. The molecule has 0 heterocycles. The molecule has 0 radical (unpaired) electrons. The fraction of sp³-hybridized carbons (Fsp3) is 0.375. The predicted octanol–water partition coefficient (Wildman–Crippen LogP) is 4.31. The van der Waals surface area contributed by atoms with Crippen molar-refractivity contribution in [2.75, 3.05) is 26.7 Å². The van der Waals surface area contributed by atoms with Gasteiger partial charge in [0.05, 0.1) is 7.11 Å². The second-order valence-corrected chi connectivity index (χ2v) is 7.26. The zero-order valence-electron chi connectivity index (χ0n) is 17.5. The minimum absolute atomic E-state index is 0.137. The molecule has 1 N–H and O–H groups in total. The predicted molar refractivity (Wildman–Crippen MR) is 116 cm³/mol. The van der Waals surface area contributed by atoms with Crippen molar-refractivity contribution >= 4 is 12.0 Å². The van der Waals surface area contributed by atoms with E-state index in [1.807, 2.05) is 12.1 Å². The van der Waals surface area contributed by atoms with Gasteiger partial charge in [-0.3, -0.25) is 4.79 Å². The van der Waals surface area contributed by atoms with E-state index >= 15 is 0 Å². The molecule has 1 amide bonds. The Bertz CT molecular complexity index is 788. The number of halogens is 1. The van der Waals surface area contributed by atoms with Crippen molar-refractivity contribution in [2.45, 2.75) is 32.7 Å². The first-order valence-electron chi connectivity index (χ1n) is 10.1. The van der Waals surface area contributed by atoms with Crippen LogP contribution >= 0.6 is 0 Å². The summed E-state index contributed by atoms with van der Waals surface area (Å²) >= 11 is 0. The summed E-state index contributed by atoms with van der Waals surface area (Å²) in [5.74, 6) is 0.463. The molecule has 0 aliphatic heterocycles. The number of ether oxygens (including phenoxy) is 1. The molecular formula is C24H31FN2O2. The third kappa shape index (κ3) is 8.48. The molecular weight excluding hydrogens is 367 g/mol. The number of hydrogen-bond acceptors (Lipinski definition) is 3. The second kappa shape index (κ2) is 12.0. The largest absolute Gasteiger partial charge is 0.497 e. The number of carbonyl (C=O) groups excluding carboxylic acids is 1. The molecule has 2 aromatic carbocycles. The topological polar surface area (TPSA) is 41.6 Å². The number of hydrogen-bond donors (Lipinski definition) is 1. The monoisotopic (exact) mass is 398 g/mol. The van der Waals surface area contributed by atoms with Crippen molar-refractivity contribution in [1.29, 1.82) is 0 Å². The van der Waals surface area contributed by atoms with Crippen molar-refractivity contribution in [3.63, 3.8) is 0 Å². The Labute approximate surface area is 173 Å². The zero-order chi connectivity index (χ0) is 21.1. The van der Waals surface area contributed by atoms with E-state index in [1.54, 1.807) is 25.3 Å². The average Bonchev–Trinajstić information content (AvgIpc) is 2.72. The van der Waals surface area contributed by atoms with E-state index in [2.05, 4.69) is 36.2 Å². The molecule has 0 aliphatic rings. The fourth-order valence-corrected chi connectivity index (χ4v) is 3.03. The van der Waals surface area contributed by atoms with Crippen LogP contribution in [0.3, 0.4) is 0 Å². The summed E-state index contributed by atoms with van der Waals surface area (Å²) in [6.07, 6.45) is 5.01. The van der Waals surface area contributed by atoms with E-state index in [4.69, 9.17) is 4.74 Å². The minimum atomic E-state index is -0.285. The van der Waals surface area contributed by atoms with Crippen LogP contribution in [0.15, 0.2) is 54.6 Å². The van der Waals surface area contributed by atoms with Gasteiger partial charge >= 0.3 is 0 Å². The molecule has 0 saturated heterocycles. The maximum atomic E-state index is 12.9. The number of benzene rings is 2. The van der Waals surface area contributed by atoms with Gasteiger partial charge in [0.15, 0.2) is 0 Å². The number of methoxy groups -OCH3 is 1. The molecule has 0 fully saturated rings. The average molecular weight is 399 g/mol. The molecule has 0 saturated carbocycles. The smallest absolute Gasteiger partial charge is 0.243 e. The van der Waals surface area contributed by atoms with Crippen LogP contribution in [-0.4, -0.2) is 43.6 Å². The molecule has 0 unspecified atom stereocenters. The number of nitrogens with one attached hydrogen (secondary N) is 1. The first-order chi connectivity index (χ1) is 14.0. The molecule has 156 valence electrons. The molecule has 0 bridgehead atoms. The van der Waals surface area contributed by atoms with Crippen LogP contribution in [0, 0.1) is 5.82 Å². The van der Waals surface area contributed by atoms with Crippen molar-refractivity contribution in [3.05, 3.63) is 71.6 Å². The van der Waals surface area contributed by atoms with Crippen LogP contribution < -0.4 is 10.1 Å². The van der Waals surface area contributed by atoms with E-state index in [9.17, 15) is 9.18 Å². The van der Waals surface area contributed by atoms with Crippen molar-refractivity contribution in [1.82, 2.24) is 10.2 Å². The maximum absolute atomic E-state index is 12.9. The highest BCUT2D eigenvalue weighted by atomic mass is 19.1. The van der Waals surface area contributed by atoms with Gasteiger partial charge in [-0.15, -0.1) is 0 Å². The van der Waals surface area contributed by atoms with Gasteiger partial charge in [0.2, 0.25) is 5.91 Å². The lowest BCUT2D eigenvalue weighted by molar-refractivity contribution is -0.116. The first kappa shape index (κ1) is 22.6. The Hall–Kier alpha value is -2.66. The summed E-state index contributed by atoms with van der Waals surface area (Å²) in [4.78, 5) is 14.4. The quantitative estimate of drug-likeness (QED) is 0.453. The van der Waals surface area contributed by atoms with Crippen molar-refractivity contribution in [2.24, 2.45) is 0 Å². The molecule has 0 atom stereocenters. The van der Waals surface area contributed by atoms with Gasteiger partial charge in [-0.2, -0.15) is 0 Å². The Balaban J connectivity index is 1.71. The van der Waals surface area contributed by atoms with Crippen molar-refractivity contribution < 1.29 is 13.9 Å². The van der Waals surface area contributed by atoms with Crippen LogP contribution in [0.5, 0.6) is 5.75 Å². The van der Waals surface area contributed by atoms with Gasteiger partial charge in [0.25, 0.3) is 0 Å². The van der Waals surface area contributed by atoms with Crippen molar-refractivity contribution in [3.8, 4) is 5.75 Å². The molecule has 0 aliphatic carbocycles. The normalized spacial score (nSPS) is 11.4. The number of amides is 1. The Morgan fingerprint density at radius 3 is 2.62 bits per heavy atom. The number of nitrogens with zero attached hydrogens (tertiary/aromatic N) is 1. The van der Waals surface area contributed by atoms with E-state index < -0.39 is 0 Å². The number of carbonyl (C=O) groups is 1. The van der Waals surface area contributed by atoms with Gasteiger partial charge in [0, 0.05) is 31.8 Å². The minimum Gasteiger partial charge on any atom is -0.497 e. The van der Waals surface area contributed by atoms with Crippen LogP contribution in [0.4, 0.5) is 4.39 Å². The molecule has 0 spiro atoms. The lowest BCUT2D eigenvalue weighted by Crippen LogP contribution is -2.35. The standard InChI is InChI=1S/C24H31FN2O2/c1-19(2)27(17-14-21-6-4-7-23(18-21)29-3)16-5-15-26-24(28)13-10-20-8-11-22(25)12-9-20/h4,6-13,18-19H,5,14-17H2,1-3H3,(H,26,28)/b13-10+. The van der Waals surface area contributed by atoms with Gasteiger partial charge in [-0.05, 0) is 68.2 Å². The Kier molecular flexibility index (Phi) is 9.38. The molecule has 2 aromatic rings. The lowest BCUT2D eigenvalue weighted by Gasteiger charge is -2.26. The maximum Gasteiger partial charge on any atom is 0.243 e. The van der Waals surface area contributed by atoms with E-state index in [1.165, 1.54) is 23.8 Å². The van der Waals surface area contributed by atoms with E-state index in [0.717, 1.165) is 37.2 Å². The Morgan fingerprint density at radius 1 is 1.17 bits per heavy atom. The molecule has 5 heteroatoms. The third-order valence-electron chi connectivity index (χ3n) is 4.77. The summed E-state index contributed by atoms with van der Waals surface area (Å²) in [5, 5.41) is 2.90. The Morgan fingerprint density at radius 2 is 1.93 bits per heavy atom. The highest BCUT2D eigenvalue weighted by molar-refractivity contribution is 5.91. The van der Waals surface area contributed by atoms with E-state index in [0.29, 0.717) is 12.6 Å². The lowest BCUT2D eigenvalue weighted by atomic mass is 10.1. The van der Waals surface area contributed by atoms with Gasteiger partial charge < -0.3 is 15.0 Å². The van der Waals surface area contributed by atoms with Crippen LogP contribution in [0.25, 0.3) is 6.08 Å². The SMILES string of the molecule is COc1cccc(CCN(CCCNC(=O)/C=C/c2ccc(F)cc2)C(C)C)c1. The second-order valence-electron chi connectivity index (χ2n) is 7.26. The molecule has 4 nitrogen and oxygen atoms in total. The van der Waals surface area contributed by atoms with Crippen LogP contribution in [0.1, 0.15) is 31.4 Å². The number of rotatable bonds is 11. The first-order valence-corrected chi connectivity index (χ1v) is 10.1. The zero-order valence-corrected chi connectivity index (χ0v) is 17.5. The summed E-state index contributed by atoms with van der Waals surface area (Å²) < 4.78 is 18.2. The van der Waals surface area contributed by atoms with Gasteiger partial charge in [0.1, 0.15) is 11.6 Å². The molecule has 29 heavy (non-hydrogen) atoms. The highest BCUT2D eigenvalue weighted by Crippen LogP contribution is 2.14. The summed E-state index contributed by atoms with van der Waals surface area (Å²) in [6.45, 7) is 6.88. The molecule has 0 aromatic heterocycles. The van der Waals surface area contributed by atoms with Gasteiger partial charge in [-0.1, -0.05) is 24.3 Å². The highest BCUT2D eigenvalue weighted by Gasteiger charge is 2.09.